The van der Waals surface area contributed by atoms with Gasteiger partial charge in [-0.15, -0.1) is 0 Å². The van der Waals surface area contributed by atoms with E-state index in [1.54, 1.807) is 18.2 Å². The second kappa shape index (κ2) is 7.58. The Morgan fingerprint density at radius 1 is 1.07 bits per heavy atom. The minimum Gasteiger partial charge on any atom is -0.343 e. The maximum Gasteiger partial charge on any atom is 0.253 e. The summed E-state index contributed by atoms with van der Waals surface area (Å²) < 4.78 is 24.4. The molecule has 0 radical (unpaired) electrons. The molecule has 0 spiro atoms. The van der Waals surface area contributed by atoms with Gasteiger partial charge in [-0.2, -0.15) is 0 Å². The van der Waals surface area contributed by atoms with E-state index in [1.165, 1.54) is 18.9 Å². The third-order valence-electron chi connectivity index (χ3n) is 6.74. The Labute approximate surface area is 173 Å². The zero-order valence-corrected chi connectivity index (χ0v) is 17.8. The molecule has 1 aliphatic carbocycles. The maximum absolute atomic E-state index is 13.3. The van der Waals surface area contributed by atoms with Crippen LogP contribution >= 0.6 is 0 Å². The predicted molar refractivity (Wildman–Crippen MR) is 114 cm³/mol. The molecular weight excluding hydrogens is 384 g/mol. The van der Waals surface area contributed by atoms with E-state index in [0.717, 1.165) is 37.1 Å². The maximum atomic E-state index is 13.3. The SMILES string of the molecule is CN1CC2CCC1(C(NC(=O)c1ccccc1S(C)(=O)=O)c1ccccc1)CC2. The van der Waals surface area contributed by atoms with E-state index in [1.807, 2.05) is 18.2 Å². The van der Waals surface area contributed by atoms with E-state index in [9.17, 15) is 13.2 Å². The number of carbonyl (C=O) groups is 1. The van der Waals surface area contributed by atoms with Gasteiger partial charge in [0, 0.05) is 18.3 Å². The van der Waals surface area contributed by atoms with E-state index in [4.69, 9.17) is 0 Å². The number of carbonyl (C=O) groups excluding carboxylic acids is 1. The van der Waals surface area contributed by atoms with Gasteiger partial charge in [-0.25, -0.2) is 8.42 Å². The summed E-state index contributed by atoms with van der Waals surface area (Å²) in [5.74, 6) is 0.398. The van der Waals surface area contributed by atoms with Crippen LogP contribution in [0.1, 0.15) is 47.6 Å². The fourth-order valence-corrected chi connectivity index (χ4v) is 6.07. The van der Waals surface area contributed by atoms with Crippen molar-refractivity contribution in [3.8, 4) is 0 Å². The Hall–Kier alpha value is -2.18. The van der Waals surface area contributed by atoms with Gasteiger partial charge in [0.05, 0.1) is 16.5 Å². The molecule has 1 N–H and O–H groups in total. The number of benzene rings is 2. The van der Waals surface area contributed by atoms with Crippen molar-refractivity contribution in [3.05, 3.63) is 65.7 Å². The number of amides is 1. The molecule has 1 amide bonds. The van der Waals surface area contributed by atoms with Crippen molar-refractivity contribution in [3.63, 3.8) is 0 Å². The molecular formula is C23H28N2O3S. The molecule has 6 heteroatoms. The molecule has 29 heavy (non-hydrogen) atoms. The molecule has 2 heterocycles. The molecule has 0 aromatic heterocycles. The average molecular weight is 413 g/mol. The van der Waals surface area contributed by atoms with E-state index in [2.05, 4.69) is 29.4 Å². The van der Waals surface area contributed by atoms with Crippen molar-refractivity contribution < 1.29 is 13.2 Å². The van der Waals surface area contributed by atoms with Crippen LogP contribution in [0.25, 0.3) is 0 Å². The molecule has 2 saturated heterocycles. The number of fused-ring (bicyclic) bond motifs is 3. The topological polar surface area (TPSA) is 66.5 Å². The summed E-state index contributed by atoms with van der Waals surface area (Å²) in [6, 6.07) is 16.3. The Balaban J connectivity index is 1.74. The van der Waals surface area contributed by atoms with Crippen LogP contribution in [0.4, 0.5) is 0 Å². The summed E-state index contributed by atoms with van der Waals surface area (Å²) in [4.78, 5) is 15.8. The first kappa shape index (κ1) is 20.1. The molecule has 1 unspecified atom stereocenters. The molecule has 1 atom stereocenters. The van der Waals surface area contributed by atoms with Crippen molar-refractivity contribution in [2.75, 3.05) is 19.8 Å². The third kappa shape index (κ3) is 3.71. The van der Waals surface area contributed by atoms with Gasteiger partial charge in [0.2, 0.25) is 0 Å². The first-order valence-corrected chi connectivity index (χ1v) is 12.1. The second-order valence-electron chi connectivity index (χ2n) is 8.51. The first-order chi connectivity index (χ1) is 13.8. The number of piperidine rings is 2. The van der Waals surface area contributed by atoms with Gasteiger partial charge in [-0.1, -0.05) is 42.5 Å². The van der Waals surface area contributed by atoms with Gasteiger partial charge in [0.1, 0.15) is 0 Å². The summed E-state index contributed by atoms with van der Waals surface area (Å²) in [6.07, 6.45) is 5.54. The van der Waals surface area contributed by atoms with Crippen molar-refractivity contribution in [2.45, 2.75) is 42.2 Å². The molecule has 3 fully saturated rings. The summed E-state index contributed by atoms with van der Waals surface area (Å²) >= 11 is 0. The molecule has 1 saturated carbocycles. The molecule has 2 aromatic carbocycles. The monoisotopic (exact) mass is 412 g/mol. The summed E-state index contributed by atoms with van der Waals surface area (Å²) in [6.45, 7) is 1.04. The lowest BCUT2D eigenvalue weighted by Crippen LogP contribution is -2.62. The number of sulfone groups is 1. The summed E-state index contributed by atoms with van der Waals surface area (Å²) in [7, 11) is -1.35. The Morgan fingerprint density at radius 2 is 1.69 bits per heavy atom. The zero-order chi connectivity index (χ0) is 20.6. The van der Waals surface area contributed by atoms with E-state index in [0.29, 0.717) is 0 Å². The lowest BCUT2D eigenvalue weighted by molar-refractivity contribution is -0.0404. The molecule has 3 aliphatic rings. The normalized spacial score (nSPS) is 25.5. The highest BCUT2D eigenvalue weighted by Crippen LogP contribution is 2.49. The quantitative estimate of drug-likeness (QED) is 0.817. The van der Waals surface area contributed by atoms with Crippen LogP contribution in [-0.2, 0) is 9.84 Å². The molecule has 154 valence electrons. The highest BCUT2D eigenvalue weighted by atomic mass is 32.2. The van der Waals surface area contributed by atoms with E-state index >= 15 is 0 Å². The lowest BCUT2D eigenvalue weighted by Gasteiger charge is -2.57. The Bertz CT molecular complexity index is 996. The number of likely N-dealkylation sites (N-methyl/N-ethyl adjacent to an activating group) is 1. The van der Waals surface area contributed by atoms with Crippen LogP contribution < -0.4 is 5.32 Å². The van der Waals surface area contributed by atoms with E-state index in [-0.39, 0.29) is 27.9 Å². The summed E-state index contributed by atoms with van der Waals surface area (Å²) in [5, 5.41) is 3.23. The van der Waals surface area contributed by atoms with Crippen LogP contribution in [0.2, 0.25) is 0 Å². The number of nitrogens with one attached hydrogen (secondary N) is 1. The number of nitrogens with zero attached hydrogens (tertiary/aromatic N) is 1. The van der Waals surface area contributed by atoms with Crippen LogP contribution in [0.5, 0.6) is 0 Å². The minimum absolute atomic E-state index is 0.0718. The minimum atomic E-state index is -3.50. The highest BCUT2D eigenvalue weighted by molar-refractivity contribution is 7.90. The van der Waals surface area contributed by atoms with Crippen LogP contribution in [0.3, 0.4) is 0 Å². The summed E-state index contributed by atoms with van der Waals surface area (Å²) in [5.41, 5.74) is 1.12. The Morgan fingerprint density at radius 3 is 2.31 bits per heavy atom. The molecule has 2 bridgehead atoms. The van der Waals surface area contributed by atoms with Crippen molar-refractivity contribution in [2.24, 2.45) is 5.92 Å². The standard InChI is InChI=1S/C23H28N2O3S/c1-25-16-17-12-14-23(25,15-13-17)21(18-8-4-3-5-9-18)24-22(26)19-10-6-7-11-20(19)29(2,27)28/h3-11,17,21H,12-16H2,1-2H3,(H,24,26). The Kier molecular flexibility index (Phi) is 5.25. The smallest absolute Gasteiger partial charge is 0.253 e. The predicted octanol–water partition coefficient (Wildman–Crippen LogP) is 3.44. The first-order valence-electron chi connectivity index (χ1n) is 10.2. The number of hydrogen-bond donors (Lipinski definition) is 1. The molecule has 5 nitrogen and oxygen atoms in total. The van der Waals surface area contributed by atoms with Gasteiger partial charge in [0.25, 0.3) is 5.91 Å². The van der Waals surface area contributed by atoms with Gasteiger partial charge >= 0.3 is 0 Å². The highest BCUT2D eigenvalue weighted by Gasteiger charge is 2.50. The van der Waals surface area contributed by atoms with Crippen molar-refractivity contribution in [1.82, 2.24) is 10.2 Å². The van der Waals surface area contributed by atoms with Crippen LogP contribution in [0.15, 0.2) is 59.5 Å². The van der Waals surface area contributed by atoms with Crippen molar-refractivity contribution in [1.29, 1.82) is 0 Å². The van der Waals surface area contributed by atoms with Gasteiger partial charge in [-0.3, -0.25) is 9.69 Å². The third-order valence-corrected chi connectivity index (χ3v) is 7.90. The fourth-order valence-electron chi connectivity index (χ4n) is 5.18. The average Bonchev–Trinajstić information content (AvgIpc) is 2.72. The molecule has 2 aromatic rings. The number of rotatable bonds is 5. The van der Waals surface area contributed by atoms with Crippen molar-refractivity contribution >= 4 is 15.7 Å². The van der Waals surface area contributed by atoms with E-state index < -0.39 is 9.84 Å². The fraction of sp³-hybridized carbons (Fsp3) is 0.435. The van der Waals surface area contributed by atoms with Gasteiger partial charge < -0.3 is 5.32 Å². The van der Waals surface area contributed by atoms with Gasteiger partial charge in [0.15, 0.2) is 9.84 Å². The zero-order valence-electron chi connectivity index (χ0n) is 17.0. The van der Waals surface area contributed by atoms with Gasteiger partial charge in [-0.05, 0) is 56.3 Å². The second-order valence-corrected chi connectivity index (χ2v) is 10.5. The molecule has 5 rings (SSSR count). The van der Waals surface area contributed by atoms with Crippen LogP contribution in [0, 0.1) is 5.92 Å². The van der Waals surface area contributed by atoms with Crippen LogP contribution in [-0.4, -0.2) is 44.6 Å². The molecule has 2 aliphatic heterocycles. The lowest BCUT2D eigenvalue weighted by atomic mass is 9.66. The number of hydrogen-bond acceptors (Lipinski definition) is 4. The largest absolute Gasteiger partial charge is 0.343 e.